The number of rotatable bonds is 6. The zero-order chi connectivity index (χ0) is 20.1. The highest BCUT2D eigenvalue weighted by molar-refractivity contribution is 5.96. The average Bonchev–Trinajstić information content (AvgIpc) is 3.14. The molecule has 28 heavy (non-hydrogen) atoms. The Labute approximate surface area is 158 Å². The molecule has 6 nitrogen and oxygen atoms in total. The number of aromatic amines is 1. The molecule has 0 saturated carbocycles. The van der Waals surface area contributed by atoms with Crippen molar-refractivity contribution in [2.24, 2.45) is 0 Å². The Bertz CT molecular complexity index is 970. The highest BCUT2D eigenvalue weighted by atomic mass is 19.4. The Morgan fingerprint density at radius 3 is 2.50 bits per heavy atom. The van der Waals surface area contributed by atoms with Crippen molar-refractivity contribution in [3.63, 3.8) is 0 Å². The van der Waals surface area contributed by atoms with Crippen LogP contribution in [0.25, 0.3) is 11.3 Å². The predicted octanol–water partition coefficient (Wildman–Crippen LogP) is 3.91. The molecule has 0 atom stereocenters. The van der Waals surface area contributed by atoms with Crippen LogP contribution < -0.4 is 14.8 Å². The van der Waals surface area contributed by atoms with Crippen molar-refractivity contribution >= 4 is 5.91 Å². The van der Waals surface area contributed by atoms with Gasteiger partial charge in [0.25, 0.3) is 5.91 Å². The molecule has 0 unspecified atom stereocenters. The molecule has 3 rings (SSSR count). The van der Waals surface area contributed by atoms with Crippen LogP contribution in [0.1, 0.15) is 16.1 Å². The zero-order valence-corrected chi connectivity index (χ0v) is 14.7. The van der Waals surface area contributed by atoms with Crippen LogP contribution >= 0.6 is 0 Å². The van der Waals surface area contributed by atoms with E-state index >= 15 is 0 Å². The van der Waals surface area contributed by atoms with E-state index in [4.69, 9.17) is 4.74 Å². The number of H-pyrrole nitrogens is 1. The van der Waals surface area contributed by atoms with Gasteiger partial charge >= 0.3 is 6.36 Å². The van der Waals surface area contributed by atoms with Crippen molar-refractivity contribution in [2.75, 3.05) is 7.11 Å². The summed E-state index contributed by atoms with van der Waals surface area (Å²) in [6.07, 6.45) is -4.89. The zero-order valence-electron chi connectivity index (χ0n) is 14.7. The van der Waals surface area contributed by atoms with Crippen LogP contribution in [0, 0.1) is 0 Å². The van der Waals surface area contributed by atoms with Gasteiger partial charge in [-0.05, 0) is 30.3 Å². The molecule has 1 heterocycles. The number of carbonyl (C=O) groups is 1. The van der Waals surface area contributed by atoms with Crippen molar-refractivity contribution in [3.8, 4) is 22.8 Å². The maximum Gasteiger partial charge on any atom is 0.573 e. The lowest BCUT2D eigenvalue weighted by molar-refractivity contribution is -0.274. The first kappa shape index (κ1) is 19.3. The molecule has 3 aromatic rings. The number of carbonyl (C=O) groups excluding carboxylic acids is 1. The topological polar surface area (TPSA) is 76.2 Å². The second-order valence-corrected chi connectivity index (χ2v) is 5.70. The number of aromatic nitrogens is 2. The van der Waals surface area contributed by atoms with E-state index < -0.39 is 18.0 Å². The summed E-state index contributed by atoms with van der Waals surface area (Å²) in [7, 11) is 1.55. The molecule has 2 N–H and O–H groups in total. The molecule has 0 aliphatic rings. The van der Waals surface area contributed by atoms with Crippen LogP contribution in [0.2, 0.25) is 0 Å². The van der Waals surface area contributed by atoms with Gasteiger partial charge in [0.2, 0.25) is 0 Å². The summed E-state index contributed by atoms with van der Waals surface area (Å²) in [6.45, 7) is 0.0187. The Kier molecular flexibility index (Phi) is 5.53. The lowest BCUT2D eigenvalue weighted by Crippen LogP contribution is -2.25. The van der Waals surface area contributed by atoms with Crippen LogP contribution in [-0.2, 0) is 6.54 Å². The van der Waals surface area contributed by atoms with Gasteiger partial charge in [-0.1, -0.05) is 24.3 Å². The average molecular weight is 391 g/mol. The van der Waals surface area contributed by atoms with E-state index in [1.54, 1.807) is 19.2 Å². The summed E-state index contributed by atoms with van der Waals surface area (Å²) in [5, 5.41) is 9.49. The molecule has 0 fully saturated rings. The molecule has 0 spiro atoms. The van der Waals surface area contributed by atoms with Gasteiger partial charge < -0.3 is 14.8 Å². The number of nitrogens with one attached hydrogen (secondary N) is 2. The van der Waals surface area contributed by atoms with Crippen LogP contribution in [0.15, 0.2) is 54.6 Å². The molecule has 1 aromatic heterocycles. The molecule has 0 bridgehead atoms. The Morgan fingerprint density at radius 2 is 1.79 bits per heavy atom. The molecule has 0 radical (unpaired) electrons. The SMILES string of the molecule is COc1ccccc1-c1cc(CNC(=O)c2ccccc2OC(F)(F)F)n[nH]1. The predicted molar refractivity (Wildman–Crippen MR) is 94.9 cm³/mol. The molecular weight excluding hydrogens is 375 g/mol. The number of amides is 1. The Hall–Kier alpha value is -3.49. The van der Waals surface area contributed by atoms with Crippen molar-refractivity contribution in [3.05, 3.63) is 65.9 Å². The lowest BCUT2D eigenvalue weighted by atomic mass is 10.1. The van der Waals surface area contributed by atoms with Gasteiger partial charge in [0, 0.05) is 5.56 Å². The standard InChI is InChI=1S/C19H16F3N3O3/c1-27-16-8-4-2-6-13(16)15-10-12(24-25-15)11-23-18(26)14-7-3-5-9-17(14)28-19(20,21)22/h2-10H,11H2,1H3,(H,23,26)(H,24,25). The molecule has 2 aromatic carbocycles. The van der Waals surface area contributed by atoms with Gasteiger partial charge in [-0.2, -0.15) is 5.10 Å². The maximum atomic E-state index is 12.5. The second kappa shape index (κ2) is 8.03. The molecule has 9 heteroatoms. The summed E-state index contributed by atoms with van der Waals surface area (Å²) in [4.78, 5) is 12.3. The number of hydrogen-bond donors (Lipinski definition) is 2. The van der Waals surface area contributed by atoms with Crippen LogP contribution in [0.5, 0.6) is 11.5 Å². The first-order chi connectivity index (χ1) is 13.4. The summed E-state index contributed by atoms with van der Waals surface area (Å²) in [5.74, 6) is -0.620. The summed E-state index contributed by atoms with van der Waals surface area (Å²) >= 11 is 0. The van der Waals surface area contributed by atoms with E-state index in [1.807, 2.05) is 18.2 Å². The van der Waals surface area contributed by atoms with Crippen LogP contribution in [-0.4, -0.2) is 29.6 Å². The number of alkyl halides is 3. The first-order valence-electron chi connectivity index (χ1n) is 8.18. The summed E-state index contributed by atoms with van der Waals surface area (Å²) < 4.78 is 46.6. The summed E-state index contributed by atoms with van der Waals surface area (Å²) in [5.41, 5.74) is 1.75. The smallest absolute Gasteiger partial charge is 0.496 e. The minimum atomic E-state index is -4.89. The number of ether oxygens (including phenoxy) is 2. The lowest BCUT2D eigenvalue weighted by Gasteiger charge is -2.12. The molecule has 146 valence electrons. The van der Waals surface area contributed by atoms with Crippen molar-refractivity contribution < 1.29 is 27.4 Å². The second-order valence-electron chi connectivity index (χ2n) is 5.70. The number of hydrogen-bond acceptors (Lipinski definition) is 4. The fraction of sp³-hybridized carbons (Fsp3) is 0.158. The number of para-hydroxylation sites is 2. The fourth-order valence-corrected chi connectivity index (χ4v) is 2.59. The highest BCUT2D eigenvalue weighted by Gasteiger charge is 2.32. The van der Waals surface area contributed by atoms with E-state index in [9.17, 15) is 18.0 Å². The van der Waals surface area contributed by atoms with Gasteiger partial charge in [0.05, 0.1) is 30.6 Å². The van der Waals surface area contributed by atoms with Crippen molar-refractivity contribution in [1.29, 1.82) is 0 Å². The van der Waals surface area contributed by atoms with E-state index in [-0.39, 0.29) is 12.1 Å². The molecular formula is C19H16F3N3O3. The summed E-state index contributed by atoms with van der Waals surface area (Å²) in [6, 6.07) is 14.2. The van der Waals surface area contributed by atoms with Gasteiger partial charge in [-0.3, -0.25) is 9.89 Å². The highest BCUT2D eigenvalue weighted by Crippen LogP contribution is 2.28. The maximum absolute atomic E-state index is 12.5. The van der Waals surface area contributed by atoms with Crippen molar-refractivity contribution in [1.82, 2.24) is 15.5 Å². The minimum absolute atomic E-state index is 0.0187. The van der Waals surface area contributed by atoms with Crippen LogP contribution in [0.4, 0.5) is 13.2 Å². The van der Waals surface area contributed by atoms with E-state index in [0.717, 1.165) is 11.6 Å². The third kappa shape index (κ3) is 4.61. The molecule has 1 amide bonds. The van der Waals surface area contributed by atoms with Gasteiger partial charge in [0.1, 0.15) is 11.5 Å². The van der Waals surface area contributed by atoms with Crippen LogP contribution in [0.3, 0.4) is 0 Å². The van der Waals surface area contributed by atoms with Gasteiger partial charge in [-0.15, -0.1) is 13.2 Å². The Balaban J connectivity index is 1.70. The quantitative estimate of drug-likeness (QED) is 0.668. The van der Waals surface area contributed by atoms with Gasteiger partial charge in [0.15, 0.2) is 0 Å². The third-order valence-corrected chi connectivity index (χ3v) is 3.82. The van der Waals surface area contributed by atoms with Gasteiger partial charge in [-0.25, -0.2) is 0 Å². The van der Waals surface area contributed by atoms with E-state index in [2.05, 4.69) is 20.3 Å². The van der Waals surface area contributed by atoms with E-state index in [1.165, 1.54) is 18.2 Å². The molecule has 0 aliphatic carbocycles. The largest absolute Gasteiger partial charge is 0.573 e. The molecule has 0 aliphatic heterocycles. The minimum Gasteiger partial charge on any atom is -0.496 e. The normalized spacial score (nSPS) is 11.1. The first-order valence-corrected chi connectivity index (χ1v) is 8.18. The third-order valence-electron chi connectivity index (χ3n) is 3.82. The number of halogens is 3. The number of methoxy groups -OCH3 is 1. The monoisotopic (exact) mass is 391 g/mol. The molecule has 0 saturated heterocycles. The van der Waals surface area contributed by atoms with E-state index in [0.29, 0.717) is 17.1 Å². The van der Waals surface area contributed by atoms with Crippen molar-refractivity contribution in [2.45, 2.75) is 12.9 Å². The fourth-order valence-electron chi connectivity index (χ4n) is 2.59. The Morgan fingerprint density at radius 1 is 1.11 bits per heavy atom. The number of benzene rings is 2. The number of nitrogens with zero attached hydrogens (tertiary/aromatic N) is 1.